The molecule has 0 bridgehead atoms. The molecule has 0 aliphatic heterocycles. The number of pyridine rings is 1. The van der Waals surface area contributed by atoms with E-state index < -0.39 is 5.97 Å². The molecule has 0 unspecified atom stereocenters. The fourth-order valence-corrected chi connectivity index (χ4v) is 1.74. The maximum Gasteiger partial charge on any atom is 0.337 e. The molecule has 2 aromatic rings. The molecule has 0 saturated heterocycles. The van der Waals surface area contributed by atoms with Crippen LogP contribution in [-0.4, -0.2) is 32.4 Å². The molecule has 0 atom stereocenters. The molecule has 19 heavy (non-hydrogen) atoms. The second-order valence-electron chi connectivity index (χ2n) is 4.22. The smallest absolute Gasteiger partial charge is 0.337 e. The number of carbonyl (C=O) groups is 1. The Labute approximate surface area is 111 Å². The van der Waals surface area contributed by atoms with Gasteiger partial charge in [0, 0.05) is 44.6 Å². The summed E-state index contributed by atoms with van der Waals surface area (Å²) in [6.07, 6.45) is 4.05. The van der Waals surface area contributed by atoms with Gasteiger partial charge in [0.25, 0.3) is 0 Å². The first-order chi connectivity index (χ1) is 9.16. The van der Waals surface area contributed by atoms with Crippen LogP contribution in [0.1, 0.15) is 21.7 Å². The van der Waals surface area contributed by atoms with Gasteiger partial charge in [-0.15, -0.1) is 0 Å². The van der Waals surface area contributed by atoms with Crippen molar-refractivity contribution in [2.24, 2.45) is 7.05 Å². The number of nitrogens with zero attached hydrogens (tertiary/aromatic N) is 3. The van der Waals surface area contributed by atoms with E-state index in [1.54, 1.807) is 18.3 Å². The lowest BCUT2D eigenvalue weighted by Crippen LogP contribution is -2.18. The maximum absolute atomic E-state index is 10.7. The lowest BCUT2D eigenvalue weighted by molar-refractivity contribution is 0.0696. The highest BCUT2D eigenvalue weighted by Crippen LogP contribution is 2.00. The summed E-state index contributed by atoms with van der Waals surface area (Å²) in [5.41, 5.74) is 2.20. The van der Waals surface area contributed by atoms with Crippen LogP contribution in [0.25, 0.3) is 0 Å². The Morgan fingerprint density at radius 2 is 2.26 bits per heavy atom. The van der Waals surface area contributed by atoms with Crippen LogP contribution in [0.15, 0.2) is 30.6 Å². The summed E-state index contributed by atoms with van der Waals surface area (Å²) in [5, 5.41) is 16.1. The number of rotatable bonds is 6. The molecule has 0 radical (unpaired) electrons. The van der Waals surface area contributed by atoms with Crippen LogP contribution < -0.4 is 5.32 Å². The number of hydrogen-bond acceptors (Lipinski definition) is 4. The highest BCUT2D eigenvalue weighted by atomic mass is 16.4. The van der Waals surface area contributed by atoms with Gasteiger partial charge >= 0.3 is 5.97 Å². The first kappa shape index (κ1) is 13.2. The monoisotopic (exact) mass is 260 g/mol. The van der Waals surface area contributed by atoms with Gasteiger partial charge in [0.05, 0.1) is 11.3 Å². The van der Waals surface area contributed by atoms with Gasteiger partial charge in [-0.2, -0.15) is 5.10 Å². The minimum atomic E-state index is -0.955. The van der Waals surface area contributed by atoms with Gasteiger partial charge in [0.15, 0.2) is 0 Å². The number of carboxylic acids is 1. The van der Waals surface area contributed by atoms with E-state index in [0.717, 1.165) is 18.7 Å². The molecule has 0 saturated carbocycles. The van der Waals surface area contributed by atoms with Crippen molar-refractivity contribution >= 4 is 5.97 Å². The van der Waals surface area contributed by atoms with E-state index in [-0.39, 0.29) is 5.56 Å². The molecule has 6 heteroatoms. The van der Waals surface area contributed by atoms with Crippen molar-refractivity contribution in [2.75, 3.05) is 6.54 Å². The van der Waals surface area contributed by atoms with Gasteiger partial charge in [-0.3, -0.25) is 9.67 Å². The molecule has 2 rings (SSSR count). The second kappa shape index (κ2) is 6.10. The Balaban J connectivity index is 1.76. The van der Waals surface area contributed by atoms with Crippen molar-refractivity contribution in [1.82, 2.24) is 20.1 Å². The van der Waals surface area contributed by atoms with Gasteiger partial charge in [-0.1, -0.05) is 0 Å². The Hall–Kier alpha value is -2.21. The fraction of sp³-hybridized carbons (Fsp3) is 0.308. The zero-order valence-corrected chi connectivity index (χ0v) is 10.7. The summed E-state index contributed by atoms with van der Waals surface area (Å²) in [4.78, 5) is 14.8. The highest BCUT2D eigenvalue weighted by Gasteiger charge is 2.03. The molecular formula is C13H16N4O2. The number of carboxylic acid groups (broad SMARTS) is 1. The average Bonchev–Trinajstić information content (AvgIpc) is 2.81. The molecule has 100 valence electrons. The number of aromatic nitrogens is 3. The quantitative estimate of drug-likeness (QED) is 0.752. The fourth-order valence-electron chi connectivity index (χ4n) is 1.74. The van der Waals surface area contributed by atoms with Gasteiger partial charge in [-0.05, 0) is 18.2 Å². The van der Waals surface area contributed by atoms with E-state index in [1.807, 2.05) is 17.8 Å². The second-order valence-corrected chi connectivity index (χ2v) is 4.22. The van der Waals surface area contributed by atoms with E-state index >= 15 is 0 Å². The van der Waals surface area contributed by atoms with E-state index in [2.05, 4.69) is 15.4 Å². The van der Waals surface area contributed by atoms with Gasteiger partial charge in [-0.25, -0.2) is 4.79 Å². The summed E-state index contributed by atoms with van der Waals surface area (Å²) in [6.45, 7) is 1.44. The van der Waals surface area contributed by atoms with Crippen LogP contribution in [-0.2, 0) is 20.0 Å². The zero-order chi connectivity index (χ0) is 13.7. The number of aromatic carboxylic acids is 1. The van der Waals surface area contributed by atoms with Crippen LogP contribution in [0, 0.1) is 0 Å². The Morgan fingerprint density at radius 3 is 2.84 bits per heavy atom. The Morgan fingerprint density at radius 1 is 1.42 bits per heavy atom. The molecule has 0 aliphatic carbocycles. The van der Waals surface area contributed by atoms with Crippen molar-refractivity contribution in [3.8, 4) is 0 Å². The molecule has 0 fully saturated rings. The summed E-state index contributed by atoms with van der Waals surface area (Å²) < 4.78 is 1.85. The first-order valence-corrected chi connectivity index (χ1v) is 6.02. The van der Waals surface area contributed by atoms with Crippen molar-refractivity contribution in [3.63, 3.8) is 0 Å². The van der Waals surface area contributed by atoms with Crippen molar-refractivity contribution in [1.29, 1.82) is 0 Å². The van der Waals surface area contributed by atoms with E-state index in [1.165, 1.54) is 11.9 Å². The lowest BCUT2D eigenvalue weighted by Gasteiger charge is -2.05. The van der Waals surface area contributed by atoms with Gasteiger partial charge in [0.2, 0.25) is 0 Å². The summed E-state index contributed by atoms with van der Waals surface area (Å²) in [5.74, 6) is -0.955. The van der Waals surface area contributed by atoms with Crippen LogP contribution >= 0.6 is 0 Å². The SMILES string of the molecule is Cn1nccc1CCNCc1ccc(C(=O)O)cn1. The van der Waals surface area contributed by atoms with Crippen LogP contribution in [0.2, 0.25) is 0 Å². The standard InChI is InChI=1S/C13H16N4O2/c1-17-12(5-7-16-17)4-6-14-9-11-3-2-10(8-15-11)13(18)19/h2-3,5,7-8,14H,4,6,9H2,1H3,(H,18,19). The summed E-state index contributed by atoms with van der Waals surface area (Å²) in [7, 11) is 1.92. The van der Waals surface area contributed by atoms with Gasteiger partial charge in [0.1, 0.15) is 0 Å². The number of nitrogens with one attached hydrogen (secondary N) is 1. The molecule has 0 aliphatic rings. The van der Waals surface area contributed by atoms with E-state index in [0.29, 0.717) is 6.54 Å². The minimum absolute atomic E-state index is 0.207. The van der Waals surface area contributed by atoms with E-state index in [4.69, 9.17) is 5.11 Å². The third kappa shape index (κ3) is 3.62. The van der Waals surface area contributed by atoms with Crippen molar-refractivity contribution in [2.45, 2.75) is 13.0 Å². The van der Waals surface area contributed by atoms with Crippen LogP contribution in [0.4, 0.5) is 0 Å². The molecular weight excluding hydrogens is 244 g/mol. The van der Waals surface area contributed by atoms with E-state index in [9.17, 15) is 4.79 Å². The lowest BCUT2D eigenvalue weighted by atomic mass is 10.2. The molecule has 0 aromatic carbocycles. The average molecular weight is 260 g/mol. The molecule has 0 spiro atoms. The van der Waals surface area contributed by atoms with Gasteiger partial charge < -0.3 is 10.4 Å². The summed E-state index contributed by atoms with van der Waals surface area (Å²) >= 11 is 0. The third-order valence-corrected chi connectivity index (χ3v) is 2.86. The maximum atomic E-state index is 10.7. The number of aryl methyl sites for hydroxylation is 1. The molecule has 0 amide bonds. The highest BCUT2D eigenvalue weighted by molar-refractivity contribution is 5.87. The predicted molar refractivity (Wildman–Crippen MR) is 69.8 cm³/mol. The van der Waals surface area contributed by atoms with Crippen LogP contribution in [0.3, 0.4) is 0 Å². The number of hydrogen-bond donors (Lipinski definition) is 2. The molecule has 6 nitrogen and oxygen atoms in total. The topological polar surface area (TPSA) is 80.0 Å². The predicted octanol–water partition coefficient (Wildman–Crippen LogP) is 0.846. The largest absolute Gasteiger partial charge is 0.478 e. The first-order valence-electron chi connectivity index (χ1n) is 6.02. The minimum Gasteiger partial charge on any atom is -0.478 e. The van der Waals surface area contributed by atoms with Crippen molar-refractivity contribution < 1.29 is 9.90 Å². The molecule has 2 N–H and O–H groups in total. The van der Waals surface area contributed by atoms with Crippen LogP contribution in [0.5, 0.6) is 0 Å². The molecule has 2 aromatic heterocycles. The normalized spacial score (nSPS) is 10.6. The Kier molecular flexibility index (Phi) is 4.25. The summed E-state index contributed by atoms with van der Waals surface area (Å²) in [6, 6.07) is 5.27. The Bertz CT molecular complexity index is 548. The zero-order valence-electron chi connectivity index (χ0n) is 10.7. The van der Waals surface area contributed by atoms with Crippen molar-refractivity contribution in [3.05, 3.63) is 47.5 Å². The molecule has 2 heterocycles. The third-order valence-electron chi connectivity index (χ3n) is 2.86.